The van der Waals surface area contributed by atoms with E-state index in [4.69, 9.17) is 0 Å². The second-order valence-corrected chi connectivity index (χ2v) is 15.4. The van der Waals surface area contributed by atoms with E-state index in [1.165, 1.54) is 11.3 Å². The minimum atomic E-state index is -3.84. The Labute approximate surface area is 228 Å². The third-order valence-corrected chi connectivity index (χ3v) is 12.0. The summed E-state index contributed by atoms with van der Waals surface area (Å²) >= 11 is 1.28. The predicted molar refractivity (Wildman–Crippen MR) is 157 cm³/mol. The fourth-order valence-corrected chi connectivity index (χ4v) is 10.6. The number of hydrogen-bond donors (Lipinski definition) is 0. The Morgan fingerprint density at radius 3 is 1.19 bits per heavy atom. The molecular formula is C30H40O4S3. The van der Waals surface area contributed by atoms with E-state index < -0.39 is 19.7 Å². The van der Waals surface area contributed by atoms with Crippen LogP contribution >= 0.6 is 11.3 Å². The number of sulfone groups is 2. The van der Waals surface area contributed by atoms with Crippen LogP contribution < -0.4 is 0 Å². The first-order valence-electron chi connectivity index (χ1n) is 13.3. The van der Waals surface area contributed by atoms with Crippen molar-refractivity contribution in [3.05, 3.63) is 59.7 Å². The lowest BCUT2D eigenvalue weighted by Crippen LogP contribution is -2.15. The van der Waals surface area contributed by atoms with Crippen LogP contribution in [0.1, 0.15) is 90.2 Å². The molecule has 4 nitrogen and oxygen atoms in total. The van der Waals surface area contributed by atoms with Crippen LogP contribution in [0.4, 0.5) is 0 Å². The van der Waals surface area contributed by atoms with Gasteiger partial charge in [-0.15, -0.1) is 11.3 Å². The van der Waals surface area contributed by atoms with Gasteiger partial charge in [0.15, 0.2) is 19.7 Å². The Kier molecular flexibility index (Phi) is 9.81. The molecule has 0 aliphatic rings. The fraction of sp³-hybridized carbons (Fsp3) is 0.467. The van der Waals surface area contributed by atoms with Crippen LogP contribution in [0.15, 0.2) is 58.3 Å². The standard InChI is InChI=1S/C30H40O4S3/c1-7-9-19-36(31,32)29-27(25-15-11-23(12-16-25)21(3)4)35-28(30(29)37(33,34)20-10-8-2)26-17-13-24(14-18-26)22(5)6/h11-18,21-22H,7-10,19-20H2,1-6H3. The van der Waals surface area contributed by atoms with E-state index in [-0.39, 0.29) is 21.3 Å². The van der Waals surface area contributed by atoms with Crippen molar-refractivity contribution in [3.8, 4) is 20.9 Å². The van der Waals surface area contributed by atoms with E-state index in [1.807, 2.05) is 62.4 Å². The minimum Gasteiger partial charge on any atom is -0.224 e. The van der Waals surface area contributed by atoms with Crippen LogP contribution in [0.3, 0.4) is 0 Å². The van der Waals surface area contributed by atoms with Crippen LogP contribution in [-0.2, 0) is 19.7 Å². The molecule has 0 aliphatic heterocycles. The molecule has 0 unspecified atom stereocenters. The molecule has 37 heavy (non-hydrogen) atoms. The summed E-state index contributed by atoms with van der Waals surface area (Å²) in [5.74, 6) is 0.536. The Hall–Kier alpha value is -1.96. The average Bonchev–Trinajstić information content (AvgIpc) is 3.29. The van der Waals surface area contributed by atoms with Crippen molar-refractivity contribution in [1.29, 1.82) is 0 Å². The maximum atomic E-state index is 13.8. The summed E-state index contributed by atoms with van der Waals surface area (Å²) in [6, 6.07) is 15.7. The SMILES string of the molecule is CCCCS(=O)(=O)c1c(-c2ccc(C(C)C)cc2)sc(-c2ccc(C(C)C)cc2)c1S(=O)(=O)CCCC. The van der Waals surface area contributed by atoms with E-state index >= 15 is 0 Å². The topological polar surface area (TPSA) is 68.3 Å². The van der Waals surface area contributed by atoms with Gasteiger partial charge in [0.2, 0.25) is 0 Å². The summed E-state index contributed by atoms with van der Waals surface area (Å²) in [4.78, 5) is 1.01. The van der Waals surface area contributed by atoms with Crippen molar-refractivity contribution in [2.24, 2.45) is 0 Å². The van der Waals surface area contributed by atoms with Crippen LogP contribution in [0.2, 0.25) is 0 Å². The summed E-state index contributed by atoms with van der Waals surface area (Å²) in [5, 5.41) is 0. The molecule has 7 heteroatoms. The molecule has 0 saturated heterocycles. The average molecular weight is 561 g/mol. The highest BCUT2D eigenvalue weighted by molar-refractivity contribution is 7.95. The fourth-order valence-electron chi connectivity index (χ4n) is 4.26. The number of unbranched alkanes of at least 4 members (excludes halogenated alkanes) is 2. The Balaban J connectivity index is 2.39. The zero-order valence-corrected chi connectivity index (χ0v) is 25.3. The van der Waals surface area contributed by atoms with E-state index in [2.05, 4.69) is 27.7 Å². The van der Waals surface area contributed by atoms with Crippen LogP contribution in [0, 0.1) is 0 Å². The molecule has 3 rings (SSSR count). The smallest absolute Gasteiger partial charge is 0.181 e. The van der Waals surface area contributed by atoms with Gasteiger partial charge in [-0.3, -0.25) is 0 Å². The summed E-state index contributed by atoms with van der Waals surface area (Å²) in [7, 11) is -7.69. The van der Waals surface area contributed by atoms with E-state index in [0.717, 1.165) is 22.3 Å². The van der Waals surface area contributed by atoms with E-state index in [9.17, 15) is 16.8 Å². The molecule has 0 bridgehead atoms. The zero-order chi connectivity index (χ0) is 27.4. The molecule has 202 valence electrons. The Bertz CT molecular complexity index is 1290. The summed E-state index contributed by atoms with van der Waals surface area (Å²) < 4.78 is 55.3. The number of thiophene rings is 1. The summed E-state index contributed by atoms with van der Waals surface area (Å²) in [6.45, 7) is 12.3. The number of hydrogen-bond acceptors (Lipinski definition) is 5. The maximum absolute atomic E-state index is 13.8. The summed E-state index contributed by atoms with van der Waals surface area (Å²) in [6.07, 6.45) is 2.39. The third-order valence-electron chi connectivity index (χ3n) is 6.66. The van der Waals surface area contributed by atoms with Crippen molar-refractivity contribution in [1.82, 2.24) is 0 Å². The van der Waals surface area contributed by atoms with Gasteiger partial charge in [0.05, 0.1) is 21.3 Å². The first kappa shape index (κ1) is 29.6. The quantitative estimate of drug-likeness (QED) is 0.223. The number of rotatable bonds is 12. The zero-order valence-electron chi connectivity index (χ0n) is 22.9. The highest BCUT2D eigenvalue weighted by Gasteiger charge is 2.35. The van der Waals surface area contributed by atoms with Crippen molar-refractivity contribution in [3.63, 3.8) is 0 Å². The van der Waals surface area contributed by atoms with Crippen molar-refractivity contribution >= 4 is 31.0 Å². The molecule has 0 radical (unpaired) electrons. The molecule has 0 atom stereocenters. The molecule has 3 aromatic rings. The largest absolute Gasteiger partial charge is 0.224 e. The molecule has 0 N–H and O–H groups in total. The van der Waals surface area contributed by atoms with Gasteiger partial charge in [0.25, 0.3) is 0 Å². The lowest BCUT2D eigenvalue weighted by molar-refractivity contribution is 0.581. The molecule has 0 aliphatic carbocycles. The molecule has 2 aromatic carbocycles. The molecule has 0 fully saturated rings. The lowest BCUT2D eigenvalue weighted by atomic mass is 10.0. The molecule has 0 spiro atoms. The second kappa shape index (κ2) is 12.3. The monoisotopic (exact) mass is 560 g/mol. The Morgan fingerprint density at radius 2 is 0.919 bits per heavy atom. The van der Waals surface area contributed by atoms with E-state index in [0.29, 0.717) is 47.3 Å². The Morgan fingerprint density at radius 1 is 0.595 bits per heavy atom. The molecule has 1 heterocycles. The van der Waals surface area contributed by atoms with Crippen molar-refractivity contribution in [2.45, 2.75) is 88.9 Å². The van der Waals surface area contributed by atoms with Gasteiger partial charge in [-0.2, -0.15) is 0 Å². The lowest BCUT2D eigenvalue weighted by Gasteiger charge is -2.12. The van der Waals surface area contributed by atoms with Gasteiger partial charge in [-0.1, -0.05) is 103 Å². The van der Waals surface area contributed by atoms with Crippen LogP contribution in [-0.4, -0.2) is 28.3 Å². The minimum absolute atomic E-state index is 0.0118. The van der Waals surface area contributed by atoms with Crippen molar-refractivity contribution < 1.29 is 16.8 Å². The summed E-state index contributed by atoms with van der Waals surface area (Å²) in [5.41, 5.74) is 3.77. The van der Waals surface area contributed by atoms with Gasteiger partial charge in [-0.05, 0) is 46.9 Å². The normalized spacial score (nSPS) is 12.5. The molecule has 1 aromatic heterocycles. The van der Waals surface area contributed by atoms with Gasteiger partial charge in [-0.25, -0.2) is 16.8 Å². The van der Waals surface area contributed by atoms with Gasteiger partial charge >= 0.3 is 0 Å². The molecule has 0 amide bonds. The van der Waals surface area contributed by atoms with Crippen molar-refractivity contribution in [2.75, 3.05) is 11.5 Å². The first-order valence-corrected chi connectivity index (χ1v) is 17.4. The highest BCUT2D eigenvalue weighted by atomic mass is 32.2. The van der Waals surface area contributed by atoms with Crippen LogP contribution in [0.5, 0.6) is 0 Å². The third kappa shape index (κ3) is 6.73. The van der Waals surface area contributed by atoms with E-state index in [1.54, 1.807) is 0 Å². The van der Waals surface area contributed by atoms with Crippen LogP contribution in [0.25, 0.3) is 20.9 Å². The van der Waals surface area contributed by atoms with Gasteiger partial charge in [0.1, 0.15) is 9.79 Å². The first-order chi connectivity index (χ1) is 17.4. The predicted octanol–water partition coefficient (Wildman–Crippen LogP) is 8.48. The maximum Gasteiger partial charge on any atom is 0.181 e. The molecular weight excluding hydrogens is 521 g/mol. The van der Waals surface area contributed by atoms with Gasteiger partial charge in [0, 0.05) is 0 Å². The number of benzene rings is 2. The highest BCUT2D eigenvalue weighted by Crippen LogP contribution is 2.48. The molecule has 0 saturated carbocycles. The van der Waals surface area contributed by atoms with Gasteiger partial charge < -0.3 is 0 Å². The second-order valence-electron chi connectivity index (χ2n) is 10.3.